The number of ether oxygens (including phenoxy) is 2. The van der Waals surface area contributed by atoms with Crippen LogP contribution in [0.2, 0.25) is 0 Å². The number of anilines is 2. The van der Waals surface area contributed by atoms with Crippen molar-refractivity contribution in [3.63, 3.8) is 0 Å². The zero-order valence-corrected chi connectivity index (χ0v) is 18.1. The molecule has 5 heteroatoms. The van der Waals surface area contributed by atoms with E-state index >= 15 is 0 Å². The van der Waals surface area contributed by atoms with Crippen molar-refractivity contribution in [1.29, 1.82) is 0 Å². The van der Waals surface area contributed by atoms with Crippen LogP contribution in [0.25, 0.3) is 10.8 Å². The van der Waals surface area contributed by atoms with E-state index in [1.807, 2.05) is 36.4 Å². The maximum absolute atomic E-state index is 6.02. The van der Waals surface area contributed by atoms with Crippen molar-refractivity contribution in [2.75, 3.05) is 17.7 Å². The molecule has 4 aromatic rings. The summed E-state index contributed by atoms with van der Waals surface area (Å²) in [6, 6.07) is 26.8. The normalized spacial score (nSPS) is 12.9. The molecule has 5 rings (SSSR count). The highest BCUT2D eigenvalue weighted by molar-refractivity contribution is 9.10. The van der Waals surface area contributed by atoms with E-state index < -0.39 is 0 Å². The van der Waals surface area contributed by atoms with Gasteiger partial charge in [0.2, 0.25) is 0 Å². The van der Waals surface area contributed by atoms with Crippen molar-refractivity contribution in [2.24, 2.45) is 0 Å². The molecule has 4 nitrogen and oxygen atoms in total. The summed E-state index contributed by atoms with van der Waals surface area (Å²) in [7, 11) is 1.67. The monoisotopic (exact) mass is 460 g/mol. The highest BCUT2D eigenvalue weighted by atomic mass is 79.9. The van der Waals surface area contributed by atoms with Gasteiger partial charge in [-0.05, 0) is 52.9 Å². The zero-order valence-electron chi connectivity index (χ0n) is 16.5. The quantitative estimate of drug-likeness (QED) is 0.346. The lowest BCUT2D eigenvalue weighted by atomic mass is 10.0. The van der Waals surface area contributed by atoms with Crippen LogP contribution in [-0.4, -0.2) is 7.11 Å². The van der Waals surface area contributed by atoms with E-state index in [2.05, 4.69) is 69.0 Å². The van der Waals surface area contributed by atoms with E-state index in [9.17, 15) is 0 Å². The molecule has 0 radical (unpaired) electrons. The van der Waals surface area contributed by atoms with E-state index in [0.29, 0.717) is 12.4 Å². The van der Waals surface area contributed by atoms with E-state index in [1.165, 1.54) is 10.8 Å². The fourth-order valence-corrected chi connectivity index (χ4v) is 4.08. The molecule has 1 aliphatic heterocycles. The third kappa shape index (κ3) is 3.57. The van der Waals surface area contributed by atoms with Gasteiger partial charge in [0.25, 0.3) is 0 Å². The van der Waals surface area contributed by atoms with E-state index in [-0.39, 0.29) is 6.17 Å². The van der Waals surface area contributed by atoms with Gasteiger partial charge in [-0.1, -0.05) is 58.4 Å². The molecule has 30 heavy (non-hydrogen) atoms. The summed E-state index contributed by atoms with van der Waals surface area (Å²) in [5.41, 5.74) is 4.43. The van der Waals surface area contributed by atoms with Gasteiger partial charge in [0, 0.05) is 21.2 Å². The summed E-state index contributed by atoms with van der Waals surface area (Å²) in [6.45, 7) is 0.484. The highest BCUT2D eigenvalue weighted by Gasteiger charge is 2.21. The SMILES string of the molecule is COc1cc(C2Nc3cccc4cccc(c34)N2)ccc1OCc1ccc(Br)cc1. The largest absolute Gasteiger partial charge is 0.493 e. The average Bonchev–Trinajstić information content (AvgIpc) is 2.79. The van der Waals surface area contributed by atoms with Gasteiger partial charge < -0.3 is 20.1 Å². The Morgan fingerprint density at radius 1 is 0.833 bits per heavy atom. The van der Waals surface area contributed by atoms with Crippen molar-refractivity contribution in [1.82, 2.24) is 0 Å². The van der Waals surface area contributed by atoms with Gasteiger partial charge in [-0.3, -0.25) is 0 Å². The number of benzene rings is 4. The first-order valence-corrected chi connectivity index (χ1v) is 10.6. The molecule has 150 valence electrons. The Morgan fingerprint density at radius 3 is 2.20 bits per heavy atom. The Balaban J connectivity index is 1.38. The Labute approximate surface area is 184 Å². The molecule has 0 aliphatic carbocycles. The van der Waals surface area contributed by atoms with Crippen LogP contribution in [0.15, 0.2) is 83.3 Å². The van der Waals surface area contributed by atoms with Gasteiger partial charge in [0.1, 0.15) is 12.8 Å². The molecule has 0 unspecified atom stereocenters. The highest BCUT2D eigenvalue weighted by Crippen LogP contribution is 2.40. The Morgan fingerprint density at radius 2 is 1.53 bits per heavy atom. The minimum Gasteiger partial charge on any atom is -0.493 e. The van der Waals surface area contributed by atoms with Crippen molar-refractivity contribution >= 4 is 38.1 Å². The molecule has 2 N–H and O–H groups in total. The maximum atomic E-state index is 6.02. The topological polar surface area (TPSA) is 42.5 Å². The molecule has 0 amide bonds. The fraction of sp³-hybridized carbons (Fsp3) is 0.120. The minimum atomic E-state index is -0.0556. The van der Waals surface area contributed by atoms with Gasteiger partial charge in [-0.25, -0.2) is 0 Å². The first kappa shape index (κ1) is 18.8. The van der Waals surface area contributed by atoms with Crippen molar-refractivity contribution < 1.29 is 9.47 Å². The van der Waals surface area contributed by atoms with Crippen molar-refractivity contribution in [3.8, 4) is 11.5 Å². The van der Waals surface area contributed by atoms with Gasteiger partial charge in [0.05, 0.1) is 7.11 Å². The smallest absolute Gasteiger partial charge is 0.161 e. The lowest BCUT2D eigenvalue weighted by Crippen LogP contribution is -2.23. The van der Waals surface area contributed by atoms with Crippen LogP contribution >= 0.6 is 15.9 Å². The Bertz CT molecular complexity index is 1170. The summed E-state index contributed by atoms with van der Waals surface area (Å²) in [6.07, 6.45) is -0.0556. The molecule has 0 bridgehead atoms. The van der Waals surface area contributed by atoms with Crippen LogP contribution in [0.5, 0.6) is 11.5 Å². The zero-order chi connectivity index (χ0) is 20.5. The van der Waals surface area contributed by atoms with Gasteiger partial charge in [-0.2, -0.15) is 0 Å². The molecule has 0 saturated carbocycles. The summed E-state index contributed by atoms with van der Waals surface area (Å²) in [4.78, 5) is 0. The molecule has 0 spiro atoms. The number of rotatable bonds is 5. The van der Waals surface area contributed by atoms with Crippen LogP contribution in [0.4, 0.5) is 11.4 Å². The number of hydrogen-bond donors (Lipinski definition) is 2. The molecule has 0 saturated heterocycles. The van der Waals surface area contributed by atoms with Crippen molar-refractivity contribution in [2.45, 2.75) is 12.8 Å². The van der Waals surface area contributed by atoms with Crippen LogP contribution in [-0.2, 0) is 6.61 Å². The predicted octanol–water partition coefficient (Wildman–Crippen LogP) is 6.73. The predicted molar refractivity (Wildman–Crippen MR) is 125 cm³/mol. The summed E-state index contributed by atoms with van der Waals surface area (Å²) >= 11 is 3.46. The third-order valence-electron chi connectivity index (χ3n) is 5.33. The standard InChI is InChI=1S/C25H21BrN2O2/c1-29-23-14-18(10-13-22(23)30-15-16-8-11-19(26)12-9-16)25-27-20-6-2-4-17-5-3-7-21(28-25)24(17)20/h2-14,25,27-28H,15H2,1H3. The van der Waals surface area contributed by atoms with Crippen LogP contribution in [0.3, 0.4) is 0 Å². The summed E-state index contributed by atoms with van der Waals surface area (Å²) in [5.74, 6) is 1.44. The number of hydrogen-bond acceptors (Lipinski definition) is 4. The van der Waals surface area contributed by atoms with Crippen molar-refractivity contribution in [3.05, 3.63) is 94.5 Å². The Hall–Kier alpha value is -3.18. The fourth-order valence-electron chi connectivity index (χ4n) is 3.82. The lowest BCUT2D eigenvalue weighted by molar-refractivity contribution is 0.284. The van der Waals surface area contributed by atoms with E-state index in [1.54, 1.807) is 7.11 Å². The second kappa shape index (κ2) is 7.92. The summed E-state index contributed by atoms with van der Waals surface area (Å²) in [5, 5.41) is 9.64. The molecule has 0 fully saturated rings. The average molecular weight is 461 g/mol. The molecule has 1 aliphatic rings. The molecule has 1 heterocycles. The molecular formula is C25H21BrN2O2. The molecular weight excluding hydrogens is 440 g/mol. The lowest BCUT2D eigenvalue weighted by Gasteiger charge is -2.30. The second-order valence-electron chi connectivity index (χ2n) is 7.26. The van der Waals surface area contributed by atoms with Gasteiger partial charge in [0.15, 0.2) is 11.5 Å². The molecule has 0 aromatic heterocycles. The first-order valence-electron chi connectivity index (χ1n) is 9.81. The second-order valence-corrected chi connectivity index (χ2v) is 8.17. The van der Waals surface area contributed by atoms with Gasteiger partial charge >= 0.3 is 0 Å². The molecule has 4 aromatic carbocycles. The van der Waals surface area contributed by atoms with Gasteiger partial charge in [-0.15, -0.1) is 0 Å². The maximum Gasteiger partial charge on any atom is 0.161 e. The van der Waals surface area contributed by atoms with E-state index in [0.717, 1.165) is 32.7 Å². The van der Waals surface area contributed by atoms with Crippen LogP contribution < -0.4 is 20.1 Å². The number of methoxy groups -OCH3 is 1. The summed E-state index contributed by atoms with van der Waals surface area (Å²) < 4.78 is 12.7. The van der Waals surface area contributed by atoms with E-state index in [4.69, 9.17) is 9.47 Å². The van der Waals surface area contributed by atoms with Crippen LogP contribution in [0.1, 0.15) is 17.3 Å². The first-order chi connectivity index (χ1) is 14.7. The van der Waals surface area contributed by atoms with Crippen LogP contribution in [0, 0.1) is 0 Å². The minimum absolute atomic E-state index is 0.0556. The Kier molecular flexibility index (Phi) is 4.97. The molecule has 0 atom stereocenters. The third-order valence-corrected chi connectivity index (χ3v) is 5.86. The number of halogens is 1. The number of nitrogens with one attached hydrogen (secondary N) is 2.